The van der Waals surface area contributed by atoms with E-state index in [1.54, 1.807) is 18.2 Å². The number of hydrogen-bond acceptors (Lipinski definition) is 5. The number of benzene rings is 1. The molecule has 166 valence electrons. The Labute approximate surface area is 183 Å². The molecular weight excluding hydrogens is 416 g/mol. The van der Waals surface area contributed by atoms with Crippen molar-refractivity contribution in [1.29, 1.82) is 0 Å². The first-order valence-corrected chi connectivity index (χ1v) is 10.5. The highest BCUT2D eigenvalue weighted by Gasteiger charge is 2.44. The van der Waals surface area contributed by atoms with Crippen LogP contribution in [-0.2, 0) is 5.41 Å². The number of carbonyl (C=O) groups excluding carboxylic acids is 1. The van der Waals surface area contributed by atoms with Crippen LogP contribution in [0.15, 0.2) is 36.7 Å². The average Bonchev–Trinajstić information content (AvgIpc) is 3.18. The first kappa shape index (κ1) is 20.4. The summed E-state index contributed by atoms with van der Waals surface area (Å²) in [6.45, 7) is 2.13. The highest BCUT2D eigenvalue weighted by molar-refractivity contribution is 6.07. The van der Waals surface area contributed by atoms with Gasteiger partial charge in [0.1, 0.15) is 0 Å². The van der Waals surface area contributed by atoms with Gasteiger partial charge in [0, 0.05) is 29.4 Å². The van der Waals surface area contributed by atoms with Crippen LogP contribution in [0, 0.1) is 11.6 Å². The van der Waals surface area contributed by atoms with Gasteiger partial charge in [0.2, 0.25) is 0 Å². The van der Waals surface area contributed by atoms with E-state index in [4.69, 9.17) is 4.74 Å². The van der Waals surface area contributed by atoms with Gasteiger partial charge in [-0.05, 0) is 44.1 Å². The lowest BCUT2D eigenvalue weighted by Gasteiger charge is -2.40. The predicted octanol–water partition coefficient (Wildman–Crippen LogP) is 3.47. The fourth-order valence-corrected chi connectivity index (χ4v) is 4.74. The highest BCUT2D eigenvalue weighted by Crippen LogP contribution is 2.46. The minimum absolute atomic E-state index is 0.0106. The molecule has 1 aromatic carbocycles. The van der Waals surface area contributed by atoms with Crippen molar-refractivity contribution in [3.63, 3.8) is 0 Å². The van der Waals surface area contributed by atoms with Crippen molar-refractivity contribution in [2.24, 2.45) is 0 Å². The molecule has 0 saturated carbocycles. The number of hydrogen-bond donors (Lipinski definition) is 4. The summed E-state index contributed by atoms with van der Waals surface area (Å²) in [6.07, 6.45) is 4.26. The van der Waals surface area contributed by atoms with Crippen molar-refractivity contribution >= 4 is 17.3 Å². The molecule has 7 nitrogen and oxygen atoms in total. The van der Waals surface area contributed by atoms with Crippen molar-refractivity contribution in [3.05, 3.63) is 59.6 Å². The van der Waals surface area contributed by atoms with Gasteiger partial charge in [-0.1, -0.05) is 6.07 Å². The summed E-state index contributed by atoms with van der Waals surface area (Å²) in [5, 5.41) is 9.52. The summed E-state index contributed by atoms with van der Waals surface area (Å²) in [7, 11) is 1.37. The van der Waals surface area contributed by atoms with Crippen molar-refractivity contribution in [3.8, 4) is 17.0 Å². The Morgan fingerprint density at radius 3 is 2.72 bits per heavy atom. The number of amides is 1. The maximum Gasteiger partial charge on any atom is 0.255 e. The third-order valence-electron chi connectivity index (χ3n) is 6.38. The lowest BCUT2D eigenvalue weighted by Crippen LogP contribution is -2.52. The first-order chi connectivity index (χ1) is 15.5. The maximum absolute atomic E-state index is 14.8. The van der Waals surface area contributed by atoms with Crippen LogP contribution in [0.2, 0.25) is 0 Å². The second kappa shape index (κ2) is 7.90. The van der Waals surface area contributed by atoms with E-state index >= 15 is 0 Å². The standard InChI is InChI=1S/C23H23F2N5O2/c1-32-20-14(24)3-2-4-16(20)29-19-17-21(30-18(19)13-5-8-27-11-15(13)25)23(12-28-22(17)31)6-9-26-10-7-23/h2-5,8,11,26,29-30H,6-7,9-10,12H2,1H3,(H,28,31). The Hall–Kier alpha value is -3.46. The van der Waals surface area contributed by atoms with E-state index in [1.807, 2.05) is 0 Å². The van der Waals surface area contributed by atoms with Crippen molar-refractivity contribution in [2.45, 2.75) is 18.3 Å². The number of fused-ring (bicyclic) bond motifs is 2. The van der Waals surface area contributed by atoms with E-state index in [0.29, 0.717) is 29.2 Å². The second-order valence-electron chi connectivity index (χ2n) is 8.14. The number of piperidine rings is 1. The molecule has 1 saturated heterocycles. The number of aromatic nitrogens is 2. The minimum atomic E-state index is -0.544. The van der Waals surface area contributed by atoms with Crippen LogP contribution in [0.3, 0.4) is 0 Å². The zero-order chi connectivity index (χ0) is 22.3. The zero-order valence-corrected chi connectivity index (χ0v) is 17.5. The van der Waals surface area contributed by atoms with Gasteiger partial charge in [0.05, 0.1) is 35.9 Å². The van der Waals surface area contributed by atoms with Gasteiger partial charge in [-0.25, -0.2) is 8.78 Å². The molecule has 4 N–H and O–H groups in total. The number of anilines is 2. The van der Waals surface area contributed by atoms with Crippen LogP contribution in [0.25, 0.3) is 11.3 Å². The fourth-order valence-electron chi connectivity index (χ4n) is 4.74. The molecule has 9 heteroatoms. The SMILES string of the molecule is COc1c(F)cccc1Nc1c(-c2ccncc2F)[nH]c2c1C(=O)NCC21CCNCC1. The molecule has 3 aromatic rings. The fraction of sp³-hybridized carbons (Fsp3) is 0.304. The summed E-state index contributed by atoms with van der Waals surface area (Å²) in [4.78, 5) is 20.3. The quantitative estimate of drug-likeness (QED) is 0.500. The molecular formula is C23H23F2N5O2. The van der Waals surface area contributed by atoms with Gasteiger partial charge in [0.25, 0.3) is 5.91 Å². The van der Waals surface area contributed by atoms with Gasteiger partial charge in [-0.3, -0.25) is 9.78 Å². The van der Waals surface area contributed by atoms with Crippen molar-refractivity contribution in [1.82, 2.24) is 20.6 Å². The maximum atomic E-state index is 14.8. The van der Waals surface area contributed by atoms with E-state index < -0.39 is 11.6 Å². The number of rotatable bonds is 4. The zero-order valence-electron chi connectivity index (χ0n) is 17.5. The third kappa shape index (κ3) is 3.20. The van der Waals surface area contributed by atoms with Crippen LogP contribution < -0.4 is 20.7 Å². The van der Waals surface area contributed by atoms with Crippen LogP contribution in [0.4, 0.5) is 20.2 Å². The van der Waals surface area contributed by atoms with E-state index in [0.717, 1.165) is 37.8 Å². The number of methoxy groups -OCH3 is 1. The van der Waals surface area contributed by atoms with Crippen molar-refractivity contribution in [2.75, 3.05) is 32.1 Å². The number of nitrogens with zero attached hydrogens (tertiary/aromatic N) is 1. The molecule has 32 heavy (non-hydrogen) atoms. The molecule has 5 rings (SSSR count). The molecule has 2 aliphatic heterocycles. The number of aromatic amines is 1. The molecule has 0 atom stereocenters. The molecule has 4 heterocycles. The molecule has 2 aromatic heterocycles. The lowest BCUT2D eigenvalue weighted by atomic mass is 9.73. The normalized spacial score (nSPS) is 17.0. The molecule has 0 aliphatic carbocycles. The topological polar surface area (TPSA) is 91.1 Å². The van der Waals surface area contributed by atoms with E-state index in [9.17, 15) is 13.6 Å². The Kier molecular flexibility index (Phi) is 5.05. The van der Waals surface area contributed by atoms with Gasteiger partial charge >= 0.3 is 0 Å². The molecule has 1 fully saturated rings. The van der Waals surface area contributed by atoms with Gasteiger partial charge in [-0.2, -0.15) is 0 Å². The Morgan fingerprint density at radius 1 is 1.16 bits per heavy atom. The number of carbonyl (C=O) groups is 1. The number of H-pyrrole nitrogens is 1. The summed E-state index contributed by atoms with van der Waals surface area (Å²) < 4.78 is 34.4. The smallest absolute Gasteiger partial charge is 0.255 e. The monoisotopic (exact) mass is 439 g/mol. The Balaban J connectivity index is 1.74. The van der Waals surface area contributed by atoms with Crippen molar-refractivity contribution < 1.29 is 18.3 Å². The summed E-state index contributed by atoms with van der Waals surface area (Å²) in [6, 6.07) is 6.03. The van der Waals surface area contributed by atoms with E-state index in [1.165, 1.54) is 19.4 Å². The minimum Gasteiger partial charge on any atom is -0.492 e. The van der Waals surface area contributed by atoms with Crippen LogP contribution in [0.5, 0.6) is 5.75 Å². The second-order valence-corrected chi connectivity index (χ2v) is 8.14. The molecule has 1 spiro atoms. The van der Waals surface area contributed by atoms with Crippen LogP contribution in [-0.4, -0.2) is 42.6 Å². The molecule has 1 amide bonds. The average molecular weight is 439 g/mol. The van der Waals surface area contributed by atoms with Gasteiger partial charge in [0.15, 0.2) is 17.4 Å². The Morgan fingerprint density at radius 2 is 1.97 bits per heavy atom. The van der Waals surface area contributed by atoms with Gasteiger partial charge < -0.3 is 25.7 Å². The Bertz CT molecular complexity index is 1190. The number of pyridine rings is 1. The lowest BCUT2D eigenvalue weighted by molar-refractivity contribution is 0.0914. The van der Waals surface area contributed by atoms with Crippen LogP contribution >= 0.6 is 0 Å². The molecule has 2 aliphatic rings. The number of halogens is 2. The van der Waals surface area contributed by atoms with Gasteiger partial charge in [-0.15, -0.1) is 0 Å². The first-order valence-electron chi connectivity index (χ1n) is 10.5. The van der Waals surface area contributed by atoms with E-state index in [-0.39, 0.29) is 22.6 Å². The largest absolute Gasteiger partial charge is 0.492 e. The third-order valence-corrected chi connectivity index (χ3v) is 6.38. The van der Waals surface area contributed by atoms with Crippen LogP contribution in [0.1, 0.15) is 28.9 Å². The number of nitrogens with one attached hydrogen (secondary N) is 4. The number of ether oxygens (including phenoxy) is 1. The summed E-state index contributed by atoms with van der Waals surface area (Å²) >= 11 is 0. The van der Waals surface area contributed by atoms with E-state index in [2.05, 4.69) is 25.9 Å². The summed E-state index contributed by atoms with van der Waals surface area (Å²) in [5.74, 6) is -1.33. The predicted molar refractivity (Wildman–Crippen MR) is 116 cm³/mol. The molecule has 0 bridgehead atoms. The number of para-hydroxylation sites is 1. The summed E-state index contributed by atoms with van der Waals surface area (Å²) in [5.41, 5.74) is 2.29. The molecule has 0 radical (unpaired) electrons. The highest BCUT2D eigenvalue weighted by atomic mass is 19.1. The molecule has 0 unspecified atom stereocenters.